The average Bonchev–Trinajstić information content (AvgIpc) is 3.41. The number of fused-ring (bicyclic) bond motifs is 6. The third-order valence-corrected chi connectivity index (χ3v) is 7.99. The fourth-order valence-corrected chi connectivity index (χ4v) is 5.70. The summed E-state index contributed by atoms with van der Waals surface area (Å²) in [5, 5.41) is 22.8. The Balaban J connectivity index is 1.38. The van der Waals surface area contributed by atoms with E-state index in [0.29, 0.717) is 16.7 Å². The van der Waals surface area contributed by atoms with E-state index in [2.05, 4.69) is 4.98 Å². The second kappa shape index (κ2) is 10.1. The van der Waals surface area contributed by atoms with Gasteiger partial charge in [-0.15, -0.1) is 0 Å². The Morgan fingerprint density at radius 1 is 0.935 bits per heavy atom. The highest BCUT2D eigenvalue weighted by molar-refractivity contribution is 6.60. The number of halogens is 2. The Labute approximate surface area is 260 Å². The molecular formula is C32H24BF2N5O6. The third-order valence-electron chi connectivity index (χ3n) is 7.99. The van der Waals surface area contributed by atoms with Gasteiger partial charge in [-0.1, -0.05) is 45.0 Å². The number of rotatable bonds is 5. The molecule has 0 radical (unpaired) electrons. The van der Waals surface area contributed by atoms with Gasteiger partial charge < -0.3 is 22.6 Å². The number of aromatic nitrogens is 2. The van der Waals surface area contributed by atoms with Crippen LogP contribution in [0.5, 0.6) is 17.2 Å². The minimum Gasteiger partial charge on any atom is -0.450 e. The number of hydrogen-bond acceptors (Lipinski definition) is 7. The van der Waals surface area contributed by atoms with Crippen molar-refractivity contribution in [3.63, 3.8) is 0 Å². The van der Waals surface area contributed by atoms with Crippen LogP contribution in [0.15, 0.2) is 84.9 Å². The summed E-state index contributed by atoms with van der Waals surface area (Å²) < 4.78 is 47.5. The Morgan fingerprint density at radius 2 is 1.67 bits per heavy atom. The molecule has 7 rings (SSSR count). The van der Waals surface area contributed by atoms with E-state index < -0.39 is 28.2 Å². The normalized spacial score (nSPS) is 14.9. The molecule has 2 aliphatic rings. The number of imidazole rings is 1. The van der Waals surface area contributed by atoms with Crippen molar-refractivity contribution in [1.29, 1.82) is 0 Å². The summed E-state index contributed by atoms with van der Waals surface area (Å²) in [5.74, 6) is -0.0709. The lowest BCUT2D eigenvalue weighted by molar-refractivity contribution is -0.394. The Bertz CT molecular complexity index is 2190. The molecule has 46 heavy (non-hydrogen) atoms. The largest absolute Gasteiger partial charge is 0.741 e. The van der Waals surface area contributed by atoms with Gasteiger partial charge in [0.1, 0.15) is 22.9 Å². The number of hydrogen-bond donors (Lipinski definition) is 0. The molecule has 0 saturated carbocycles. The molecule has 230 valence electrons. The summed E-state index contributed by atoms with van der Waals surface area (Å²) in [6.07, 6.45) is 1.70. The molecule has 14 heteroatoms. The average molecular weight is 623 g/mol. The number of para-hydroxylation sites is 2. The lowest BCUT2D eigenvalue weighted by atomic mass is 9.85. The zero-order chi connectivity index (χ0) is 32.5. The van der Waals surface area contributed by atoms with E-state index in [1.165, 1.54) is 12.1 Å². The maximum atomic E-state index is 16.8. The maximum Gasteiger partial charge on any atom is 0.741 e. The van der Waals surface area contributed by atoms with Crippen LogP contribution in [0.4, 0.5) is 25.7 Å². The second-order valence-corrected chi connectivity index (χ2v) is 12.0. The SMILES string of the molecule is CC(C)(C)c1ccc([N+]2=C3Oc4cc(Oc5ccc([N+](=O)[O-])cc5[N+](=O)[O-])ccc4C=C3c3nc4ccccc4n3[B-]2(F)F)cc1. The van der Waals surface area contributed by atoms with Crippen molar-refractivity contribution >= 4 is 52.6 Å². The molecule has 0 bridgehead atoms. The third kappa shape index (κ3) is 4.57. The zero-order valence-electron chi connectivity index (χ0n) is 24.7. The minimum atomic E-state index is -4.51. The van der Waals surface area contributed by atoms with Crippen LogP contribution in [-0.2, 0) is 5.41 Å². The van der Waals surface area contributed by atoms with Crippen molar-refractivity contribution in [1.82, 2.24) is 9.46 Å². The van der Waals surface area contributed by atoms with Crippen LogP contribution in [0.3, 0.4) is 0 Å². The van der Waals surface area contributed by atoms with Crippen molar-refractivity contribution in [2.75, 3.05) is 0 Å². The number of nitrogens with zero attached hydrogens (tertiary/aromatic N) is 5. The van der Waals surface area contributed by atoms with Crippen molar-refractivity contribution in [2.24, 2.45) is 0 Å². The van der Waals surface area contributed by atoms with Gasteiger partial charge in [-0.05, 0) is 47.4 Å². The number of benzene rings is 4. The first-order valence-electron chi connectivity index (χ1n) is 14.2. The summed E-state index contributed by atoms with van der Waals surface area (Å²) in [7, 11) is 0. The van der Waals surface area contributed by atoms with Gasteiger partial charge >= 0.3 is 18.6 Å². The lowest BCUT2D eigenvalue weighted by Crippen LogP contribution is -2.53. The molecule has 4 aromatic carbocycles. The molecule has 1 aromatic heterocycles. The molecule has 0 unspecified atom stereocenters. The molecule has 0 aliphatic carbocycles. The van der Waals surface area contributed by atoms with Crippen molar-refractivity contribution in [3.05, 3.63) is 122 Å². The predicted octanol–water partition coefficient (Wildman–Crippen LogP) is 7.85. The number of nitro benzene ring substituents is 2. The maximum absolute atomic E-state index is 16.8. The summed E-state index contributed by atoms with van der Waals surface area (Å²) >= 11 is 0. The van der Waals surface area contributed by atoms with Crippen LogP contribution >= 0.6 is 0 Å². The number of non-ortho nitro benzene ring substituents is 1. The Morgan fingerprint density at radius 3 is 2.37 bits per heavy atom. The molecule has 0 amide bonds. The van der Waals surface area contributed by atoms with Crippen LogP contribution in [0.2, 0.25) is 0 Å². The highest BCUT2D eigenvalue weighted by atomic mass is 19.2. The van der Waals surface area contributed by atoms with Crippen molar-refractivity contribution in [3.8, 4) is 17.2 Å². The van der Waals surface area contributed by atoms with E-state index in [0.717, 1.165) is 32.7 Å². The fraction of sp³-hybridized carbons (Fsp3) is 0.125. The van der Waals surface area contributed by atoms with Crippen LogP contribution in [0, 0.1) is 20.2 Å². The van der Waals surface area contributed by atoms with Crippen LogP contribution in [0.1, 0.15) is 37.7 Å². The van der Waals surface area contributed by atoms with Gasteiger partial charge in [0, 0.05) is 35.3 Å². The molecule has 0 atom stereocenters. The summed E-state index contributed by atoms with van der Waals surface area (Å²) in [4.78, 5) is 25.8. The van der Waals surface area contributed by atoms with Crippen molar-refractivity contribution in [2.45, 2.75) is 26.2 Å². The lowest BCUT2D eigenvalue weighted by Gasteiger charge is -2.33. The van der Waals surface area contributed by atoms with Crippen molar-refractivity contribution < 1.29 is 32.4 Å². The van der Waals surface area contributed by atoms with Crippen LogP contribution < -0.4 is 9.47 Å². The molecule has 3 heterocycles. The topological polar surface area (TPSA) is 126 Å². The molecule has 2 aliphatic heterocycles. The van der Waals surface area contributed by atoms with Gasteiger partial charge in [-0.25, -0.2) is 4.98 Å². The molecule has 5 aromatic rings. The fourth-order valence-electron chi connectivity index (χ4n) is 5.70. The Hall–Kier alpha value is -5.92. The van der Waals surface area contributed by atoms with Gasteiger partial charge in [0.05, 0.1) is 21.4 Å². The standard InChI is InChI=1S/C32H24BF2N5O6/c1-32(2,3)20-9-11-21(12-10-20)37-31-24(30-36-25-6-4-5-7-26(25)38(30)33(37,34)35)16-19-8-14-23(18-29(19)46-31)45-28-15-13-22(39(41)42)17-27(28)40(43)44/h4-18H,1-3H3. The predicted molar refractivity (Wildman–Crippen MR) is 168 cm³/mol. The molecule has 0 N–H and O–H groups in total. The quantitative estimate of drug-likeness (QED) is 0.111. The first kappa shape index (κ1) is 28.8. The molecule has 0 fully saturated rings. The van der Waals surface area contributed by atoms with E-state index in [1.54, 1.807) is 48.5 Å². The highest BCUT2D eigenvalue weighted by Crippen LogP contribution is 2.43. The summed E-state index contributed by atoms with van der Waals surface area (Å²) in [6, 6.07) is 21.2. The first-order chi connectivity index (χ1) is 21.8. The number of ether oxygens (including phenoxy) is 2. The van der Waals surface area contributed by atoms with Gasteiger partial charge in [0.2, 0.25) is 5.75 Å². The van der Waals surface area contributed by atoms with E-state index in [-0.39, 0.29) is 45.6 Å². The van der Waals surface area contributed by atoms with Gasteiger partial charge in [-0.2, -0.15) is 0 Å². The zero-order valence-corrected chi connectivity index (χ0v) is 24.7. The van der Waals surface area contributed by atoms with E-state index >= 15 is 8.63 Å². The van der Waals surface area contributed by atoms with Gasteiger partial charge in [0.15, 0.2) is 5.69 Å². The highest BCUT2D eigenvalue weighted by Gasteiger charge is 2.55. The molecule has 0 saturated heterocycles. The molecule has 0 spiro atoms. The summed E-state index contributed by atoms with van der Waals surface area (Å²) in [6.45, 7) is 1.59. The van der Waals surface area contributed by atoms with Gasteiger partial charge in [-0.3, -0.25) is 24.7 Å². The van der Waals surface area contributed by atoms with Crippen LogP contribution in [-0.4, -0.2) is 36.7 Å². The van der Waals surface area contributed by atoms with E-state index in [1.807, 2.05) is 32.9 Å². The summed E-state index contributed by atoms with van der Waals surface area (Å²) in [5.41, 5.74) is 1.46. The minimum absolute atomic E-state index is 0.0521. The monoisotopic (exact) mass is 623 g/mol. The number of nitro groups is 2. The van der Waals surface area contributed by atoms with Gasteiger partial charge in [0.25, 0.3) is 5.69 Å². The second-order valence-electron chi connectivity index (χ2n) is 12.0. The smallest absolute Gasteiger partial charge is 0.450 e. The van der Waals surface area contributed by atoms with E-state index in [9.17, 15) is 20.2 Å². The molecular weight excluding hydrogens is 599 g/mol. The Kier molecular flexibility index (Phi) is 6.30. The van der Waals surface area contributed by atoms with E-state index in [4.69, 9.17) is 9.47 Å². The van der Waals surface area contributed by atoms with Crippen LogP contribution in [0.25, 0.3) is 22.7 Å². The molecule has 11 nitrogen and oxygen atoms in total. The first-order valence-corrected chi connectivity index (χ1v) is 14.2.